The van der Waals surface area contributed by atoms with Gasteiger partial charge in [0.05, 0.1) is 0 Å². The fourth-order valence-electron chi connectivity index (χ4n) is 1.92. The molecule has 0 aliphatic heterocycles. The second-order valence-electron chi connectivity index (χ2n) is 4.76. The maximum absolute atomic E-state index is 11.8. The number of thioether (sulfide) groups is 1. The molecule has 1 fully saturated rings. The number of nitrogens with zero attached hydrogens (tertiary/aromatic N) is 3. The van der Waals surface area contributed by atoms with E-state index in [1.165, 1.54) is 12.8 Å². The van der Waals surface area contributed by atoms with Gasteiger partial charge in [-0.3, -0.25) is 4.79 Å². The Balaban J connectivity index is 1.45. The third-order valence-electron chi connectivity index (χ3n) is 3.10. The van der Waals surface area contributed by atoms with Crippen LogP contribution in [0.25, 0.3) is 0 Å². The molecule has 1 heterocycles. The summed E-state index contributed by atoms with van der Waals surface area (Å²) in [7, 11) is 0. The van der Waals surface area contributed by atoms with Crippen LogP contribution in [0.4, 0.5) is 5.69 Å². The van der Waals surface area contributed by atoms with Crippen LogP contribution in [0.15, 0.2) is 41.8 Å². The number of aromatic nitrogens is 3. The van der Waals surface area contributed by atoms with Gasteiger partial charge in [-0.15, -0.1) is 10.2 Å². The van der Waals surface area contributed by atoms with Crippen molar-refractivity contribution < 1.29 is 4.79 Å². The zero-order valence-electron chi connectivity index (χ0n) is 11.0. The van der Waals surface area contributed by atoms with Crippen LogP contribution in [0.3, 0.4) is 0 Å². The summed E-state index contributed by atoms with van der Waals surface area (Å²) in [6.07, 6.45) is 4.67. The Morgan fingerprint density at radius 2 is 2.15 bits per heavy atom. The van der Waals surface area contributed by atoms with Gasteiger partial charge >= 0.3 is 0 Å². The lowest BCUT2D eigenvalue weighted by atomic mass is 10.3. The highest BCUT2D eigenvalue weighted by molar-refractivity contribution is 7.99. The number of benzene rings is 1. The van der Waals surface area contributed by atoms with Gasteiger partial charge in [-0.2, -0.15) is 0 Å². The molecule has 6 heteroatoms. The first kappa shape index (κ1) is 13.2. The molecule has 1 aromatic carbocycles. The molecule has 2 aromatic rings. The first-order valence-electron chi connectivity index (χ1n) is 6.70. The number of amides is 1. The summed E-state index contributed by atoms with van der Waals surface area (Å²) in [5, 5.41) is 11.8. The Bertz CT molecular complexity index is 580. The lowest BCUT2D eigenvalue weighted by Crippen LogP contribution is -2.12. The number of para-hydroxylation sites is 1. The predicted octanol–water partition coefficient (Wildman–Crippen LogP) is 2.73. The Kier molecular flexibility index (Phi) is 4.01. The number of hydrogen-bond acceptors (Lipinski definition) is 4. The van der Waals surface area contributed by atoms with Gasteiger partial charge in [0.25, 0.3) is 0 Å². The zero-order valence-corrected chi connectivity index (χ0v) is 11.8. The third-order valence-corrected chi connectivity index (χ3v) is 4.06. The second kappa shape index (κ2) is 6.09. The van der Waals surface area contributed by atoms with Gasteiger partial charge in [0.1, 0.15) is 6.33 Å². The minimum Gasteiger partial charge on any atom is -0.326 e. The highest BCUT2D eigenvalue weighted by Crippen LogP contribution is 2.37. The van der Waals surface area contributed by atoms with E-state index in [9.17, 15) is 4.79 Å². The fourth-order valence-corrected chi connectivity index (χ4v) is 2.84. The van der Waals surface area contributed by atoms with E-state index < -0.39 is 0 Å². The minimum atomic E-state index is 0.0289. The van der Waals surface area contributed by atoms with Gasteiger partial charge in [-0.05, 0) is 25.0 Å². The molecule has 1 aliphatic carbocycles. The molecule has 1 aromatic heterocycles. The molecule has 0 bridgehead atoms. The van der Waals surface area contributed by atoms with E-state index in [1.54, 1.807) is 18.1 Å². The monoisotopic (exact) mass is 288 g/mol. The zero-order chi connectivity index (χ0) is 13.8. The molecule has 0 spiro atoms. The standard InChI is InChI=1S/C14H16N4OS/c19-13(16-11-4-2-1-3-5-11)8-9-20-14-17-15-10-18(14)12-6-7-12/h1-5,10,12H,6-9H2,(H,16,19). The molecule has 3 rings (SSSR count). The summed E-state index contributed by atoms with van der Waals surface area (Å²) in [6, 6.07) is 10.1. The number of carbonyl (C=O) groups excluding carboxylic acids is 1. The molecule has 1 N–H and O–H groups in total. The van der Waals surface area contributed by atoms with Gasteiger partial charge in [0, 0.05) is 23.9 Å². The van der Waals surface area contributed by atoms with Crippen LogP contribution >= 0.6 is 11.8 Å². The highest BCUT2D eigenvalue weighted by Gasteiger charge is 2.26. The van der Waals surface area contributed by atoms with Crippen LogP contribution in [0.1, 0.15) is 25.3 Å². The van der Waals surface area contributed by atoms with Crippen molar-refractivity contribution in [1.82, 2.24) is 14.8 Å². The number of rotatable bonds is 6. The van der Waals surface area contributed by atoms with Crippen LogP contribution in [0, 0.1) is 0 Å². The van der Waals surface area contributed by atoms with Gasteiger partial charge in [-0.25, -0.2) is 0 Å². The summed E-state index contributed by atoms with van der Waals surface area (Å²) in [5.41, 5.74) is 0.837. The summed E-state index contributed by atoms with van der Waals surface area (Å²) < 4.78 is 2.11. The average Bonchev–Trinajstić information content (AvgIpc) is 3.20. The van der Waals surface area contributed by atoms with E-state index in [2.05, 4.69) is 20.1 Å². The first-order valence-corrected chi connectivity index (χ1v) is 7.69. The van der Waals surface area contributed by atoms with Crippen LogP contribution in [0.5, 0.6) is 0 Å². The van der Waals surface area contributed by atoms with Crippen molar-refractivity contribution in [2.75, 3.05) is 11.1 Å². The molecule has 1 saturated carbocycles. The van der Waals surface area contributed by atoms with Crippen LogP contribution in [-0.2, 0) is 4.79 Å². The Labute approximate surface area is 121 Å². The molecule has 20 heavy (non-hydrogen) atoms. The van der Waals surface area contributed by atoms with Gasteiger partial charge in [-0.1, -0.05) is 30.0 Å². The summed E-state index contributed by atoms with van der Waals surface area (Å²) >= 11 is 1.59. The molecule has 0 radical (unpaired) electrons. The van der Waals surface area contributed by atoms with Crippen molar-refractivity contribution >= 4 is 23.4 Å². The van der Waals surface area contributed by atoms with Crippen LogP contribution in [0.2, 0.25) is 0 Å². The average molecular weight is 288 g/mol. The van der Waals surface area contributed by atoms with Crippen molar-refractivity contribution in [3.05, 3.63) is 36.7 Å². The van der Waals surface area contributed by atoms with Crippen molar-refractivity contribution in [2.24, 2.45) is 0 Å². The maximum atomic E-state index is 11.8. The van der Waals surface area contributed by atoms with E-state index >= 15 is 0 Å². The van der Waals surface area contributed by atoms with Crippen LogP contribution < -0.4 is 5.32 Å². The third kappa shape index (κ3) is 3.39. The smallest absolute Gasteiger partial charge is 0.225 e. The fraction of sp³-hybridized carbons (Fsp3) is 0.357. The Morgan fingerprint density at radius 1 is 1.35 bits per heavy atom. The van der Waals surface area contributed by atoms with E-state index in [1.807, 2.05) is 30.3 Å². The molecule has 104 valence electrons. The lowest BCUT2D eigenvalue weighted by molar-refractivity contribution is -0.115. The van der Waals surface area contributed by atoms with Crippen LogP contribution in [-0.4, -0.2) is 26.4 Å². The molecule has 1 amide bonds. The molecule has 0 atom stereocenters. The van der Waals surface area contributed by atoms with E-state index in [-0.39, 0.29) is 5.91 Å². The largest absolute Gasteiger partial charge is 0.326 e. The quantitative estimate of drug-likeness (QED) is 0.830. The van der Waals surface area contributed by atoms with Crippen molar-refractivity contribution in [3.8, 4) is 0 Å². The number of nitrogens with one attached hydrogen (secondary N) is 1. The molecular weight excluding hydrogens is 272 g/mol. The van der Waals surface area contributed by atoms with Crippen molar-refractivity contribution in [2.45, 2.75) is 30.5 Å². The Morgan fingerprint density at radius 3 is 2.90 bits per heavy atom. The molecule has 5 nitrogen and oxygen atoms in total. The normalized spacial score (nSPS) is 14.2. The number of hydrogen-bond donors (Lipinski definition) is 1. The van der Waals surface area contributed by atoms with E-state index in [4.69, 9.17) is 0 Å². The maximum Gasteiger partial charge on any atom is 0.225 e. The summed E-state index contributed by atoms with van der Waals surface area (Å²) in [6.45, 7) is 0. The first-order chi connectivity index (χ1) is 9.83. The van der Waals surface area contributed by atoms with E-state index in [0.29, 0.717) is 18.2 Å². The SMILES string of the molecule is O=C(CCSc1nncn1C1CC1)Nc1ccccc1. The Hall–Kier alpha value is -1.82. The summed E-state index contributed by atoms with van der Waals surface area (Å²) in [5.74, 6) is 0.741. The van der Waals surface area contributed by atoms with Crippen molar-refractivity contribution in [3.63, 3.8) is 0 Å². The topological polar surface area (TPSA) is 59.8 Å². The lowest BCUT2D eigenvalue weighted by Gasteiger charge is -2.05. The van der Waals surface area contributed by atoms with Gasteiger partial charge < -0.3 is 9.88 Å². The molecule has 0 unspecified atom stereocenters. The molecule has 1 aliphatic rings. The van der Waals surface area contributed by atoms with Gasteiger partial charge in [0.15, 0.2) is 5.16 Å². The summed E-state index contributed by atoms with van der Waals surface area (Å²) in [4.78, 5) is 11.8. The van der Waals surface area contributed by atoms with E-state index in [0.717, 1.165) is 10.8 Å². The van der Waals surface area contributed by atoms with Crippen molar-refractivity contribution in [1.29, 1.82) is 0 Å². The molecular formula is C14H16N4OS. The van der Waals surface area contributed by atoms with Gasteiger partial charge in [0.2, 0.25) is 5.91 Å². The number of anilines is 1. The minimum absolute atomic E-state index is 0.0289. The predicted molar refractivity (Wildman–Crippen MR) is 78.7 cm³/mol. The second-order valence-corrected chi connectivity index (χ2v) is 5.83. The number of carbonyl (C=O) groups is 1. The highest BCUT2D eigenvalue weighted by atomic mass is 32.2. The molecule has 0 saturated heterocycles.